The molecule has 1 saturated heterocycles. The van der Waals surface area contributed by atoms with Gasteiger partial charge in [-0.1, -0.05) is 67.6 Å². The van der Waals surface area contributed by atoms with Crippen LogP contribution in [0.4, 0.5) is 11.4 Å². The topological polar surface area (TPSA) is 140 Å². The SMILES string of the molecule is C[C@H](O)C(=O)Nc1ccc2c(c1)[C@@]1(O[C@H](CC(=O)N(CCO)Cc3ccccc3)[C@@H]([Si](C)(C)O)[C@@H]1C)C(=O)N2Cc1ccccc1. The molecule has 46 heavy (non-hydrogen) atoms. The molecule has 2 aliphatic heterocycles. The van der Waals surface area contributed by atoms with Crippen LogP contribution in [0.1, 0.15) is 37.0 Å². The Morgan fingerprint density at radius 3 is 2.26 bits per heavy atom. The second kappa shape index (κ2) is 13.5. The average molecular weight is 646 g/mol. The highest BCUT2D eigenvalue weighted by atomic mass is 28.4. The maximum absolute atomic E-state index is 14.7. The number of fused-ring (bicyclic) bond motifs is 2. The Morgan fingerprint density at radius 2 is 1.67 bits per heavy atom. The highest BCUT2D eigenvalue weighted by Crippen LogP contribution is 2.60. The lowest BCUT2D eigenvalue weighted by Gasteiger charge is -2.32. The molecule has 0 aromatic heterocycles. The van der Waals surface area contributed by atoms with Gasteiger partial charge in [0.2, 0.25) is 5.91 Å². The molecule has 3 amide bonds. The molecule has 5 rings (SSSR count). The first-order chi connectivity index (χ1) is 21.9. The lowest BCUT2D eigenvalue weighted by atomic mass is 9.82. The Bertz CT molecular complexity index is 1560. The van der Waals surface area contributed by atoms with Gasteiger partial charge in [-0.3, -0.25) is 14.4 Å². The van der Waals surface area contributed by atoms with Gasteiger partial charge >= 0.3 is 0 Å². The summed E-state index contributed by atoms with van der Waals surface area (Å²) in [5.41, 5.74) is 1.36. The van der Waals surface area contributed by atoms with E-state index in [9.17, 15) is 29.4 Å². The Balaban J connectivity index is 1.55. The van der Waals surface area contributed by atoms with E-state index in [0.29, 0.717) is 23.5 Å². The number of carbonyl (C=O) groups is 3. The van der Waals surface area contributed by atoms with Crippen molar-refractivity contribution in [2.75, 3.05) is 23.4 Å². The zero-order chi connectivity index (χ0) is 33.2. The van der Waals surface area contributed by atoms with Crippen LogP contribution in [0.25, 0.3) is 0 Å². The molecule has 2 heterocycles. The molecule has 10 nitrogen and oxygen atoms in total. The van der Waals surface area contributed by atoms with Gasteiger partial charge in [0, 0.05) is 35.8 Å². The fourth-order valence-corrected chi connectivity index (χ4v) is 9.60. The van der Waals surface area contributed by atoms with Crippen molar-refractivity contribution in [3.63, 3.8) is 0 Å². The van der Waals surface area contributed by atoms with Crippen LogP contribution in [0.3, 0.4) is 0 Å². The van der Waals surface area contributed by atoms with Crippen molar-refractivity contribution >= 4 is 37.4 Å². The zero-order valence-corrected chi connectivity index (χ0v) is 27.7. The number of rotatable bonds is 11. The molecule has 1 fully saturated rings. The van der Waals surface area contributed by atoms with Gasteiger partial charge in [0.25, 0.3) is 11.8 Å². The fraction of sp³-hybridized carbons (Fsp3) is 0.400. The third kappa shape index (κ3) is 6.51. The molecular weight excluding hydrogens is 602 g/mol. The normalized spacial score (nSPS) is 23.0. The average Bonchev–Trinajstić information content (AvgIpc) is 3.44. The Labute approximate surface area is 270 Å². The van der Waals surface area contributed by atoms with Crippen LogP contribution in [-0.4, -0.2) is 71.3 Å². The summed E-state index contributed by atoms with van der Waals surface area (Å²) < 4.78 is 6.84. The minimum atomic E-state index is -3.06. The minimum absolute atomic E-state index is 0.0830. The molecular formula is C35H43N3O7Si. The molecule has 5 atom stereocenters. The van der Waals surface area contributed by atoms with Crippen LogP contribution in [0.5, 0.6) is 0 Å². The van der Waals surface area contributed by atoms with Crippen molar-refractivity contribution in [1.29, 1.82) is 0 Å². The van der Waals surface area contributed by atoms with Crippen LogP contribution in [-0.2, 0) is 37.8 Å². The van der Waals surface area contributed by atoms with Crippen LogP contribution in [0, 0.1) is 5.92 Å². The van der Waals surface area contributed by atoms with Crippen molar-refractivity contribution < 1.29 is 34.1 Å². The summed E-state index contributed by atoms with van der Waals surface area (Å²) in [6.07, 6.45) is -2.10. The molecule has 4 N–H and O–H groups in total. The number of benzene rings is 3. The molecule has 3 aromatic carbocycles. The van der Waals surface area contributed by atoms with E-state index in [-0.39, 0.29) is 37.9 Å². The lowest BCUT2D eigenvalue weighted by Crippen LogP contribution is -2.46. The van der Waals surface area contributed by atoms with Crippen molar-refractivity contribution in [2.45, 2.75) is 69.8 Å². The van der Waals surface area contributed by atoms with Crippen LogP contribution in [0.15, 0.2) is 78.9 Å². The van der Waals surface area contributed by atoms with Crippen LogP contribution < -0.4 is 10.2 Å². The summed E-state index contributed by atoms with van der Waals surface area (Å²) in [5.74, 6) is -1.66. The van der Waals surface area contributed by atoms with Gasteiger partial charge in [-0.05, 0) is 49.3 Å². The molecule has 3 aromatic rings. The Kier molecular flexibility index (Phi) is 9.80. The number of amides is 3. The third-order valence-electron chi connectivity index (χ3n) is 9.13. The van der Waals surface area contributed by atoms with Crippen LogP contribution >= 0.6 is 0 Å². The summed E-state index contributed by atoms with van der Waals surface area (Å²) in [5, 5.41) is 22.3. The Morgan fingerprint density at radius 1 is 1.04 bits per heavy atom. The van der Waals surface area contributed by atoms with Crippen molar-refractivity contribution in [1.82, 2.24) is 4.90 Å². The second-order valence-corrected chi connectivity index (χ2v) is 16.8. The summed E-state index contributed by atoms with van der Waals surface area (Å²) in [6, 6.07) is 24.2. The summed E-state index contributed by atoms with van der Waals surface area (Å²) in [4.78, 5) is 55.9. The molecule has 1 spiro atoms. The van der Waals surface area contributed by atoms with E-state index in [4.69, 9.17) is 4.74 Å². The molecule has 244 valence electrons. The maximum Gasteiger partial charge on any atom is 0.264 e. The van der Waals surface area contributed by atoms with E-state index in [1.165, 1.54) is 6.92 Å². The van der Waals surface area contributed by atoms with Gasteiger partial charge in [0.1, 0.15) is 6.10 Å². The number of aliphatic hydroxyl groups is 2. The number of ether oxygens (including phenoxy) is 1. The van der Waals surface area contributed by atoms with Gasteiger partial charge in [-0.25, -0.2) is 0 Å². The second-order valence-electron chi connectivity index (χ2n) is 12.9. The minimum Gasteiger partial charge on any atom is -0.432 e. The summed E-state index contributed by atoms with van der Waals surface area (Å²) in [7, 11) is -3.06. The monoisotopic (exact) mass is 645 g/mol. The van der Waals surface area contributed by atoms with E-state index >= 15 is 0 Å². The molecule has 0 bridgehead atoms. The van der Waals surface area contributed by atoms with Gasteiger partial charge in [0.05, 0.1) is 31.4 Å². The van der Waals surface area contributed by atoms with Crippen LogP contribution in [0.2, 0.25) is 18.6 Å². The highest BCUT2D eigenvalue weighted by Gasteiger charge is 2.66. The quantitative estimate of drug-likeness (QED) is 0.233. The molecule has 0 saturated carbocycles. The first kappa shape index (κ1) is 33.5. The summed E-state index contributed by atoms with van der Waals surface area (Å²) in [6.45, 7) is 7.35. The maximum atomic E-state index is 14.7. The number of anilines is 2. The predicted octanol–water partition coefficient (Wildman–Crippen LogP) is 3.76. The van der Waals surface area contributed by atoms with E-state index in [0.717, 1.165) is 11.1 Å². The number of hydrogen-bond donors (Lipinski definition) is 4. The number of hydrogen-bond acceptors (Lipinski definition) is 7. The van der Waals surface area contributed by atoms with E-state index in [1.807, 2.05) is 67.6 Å². The van der Waals surface area contributed by atoms with E-state index < -0.39 is 43.5 Å². The smallest absolute Gasteiger partial charge is 0.264 e. The largest absolute Gasteiger partial charge is 0.432 e. The van der Waals surface area contributed by atoms with Crippen molar-refractivity contribution in [2.24, 2.45) is 5.92 Å². The molecule has 0 unspecified atom stereocenters. The van der Waals surface area contributed by atoms with Gasteiger partial charge < -0.3 is 34.9 Å². The standard InChI is InChI=1S/C35H43N3O7Si/c1-23-32(46(3,4)44)30(20-31(41)37(17-18-39)21-25-11-7-5-8-12-25)45-35(23)28-19-27(36-33(42)24(2)40)15-16-29(28)38(34(35)43)22-26-13-9-6-10-14-26/h5-16,19,23-24,30,32,39-40,44H,17-18,20-22H2,1-4H3,(H,36,42)/t23-,24-,30+,32-,35+/m0/s1. The highest BCUT2D eigenvalue weighted by molar-refractivity contribution is 6.71. The summed E-state index contributed by atoms with van der Waals surface area (Å²) >= 11 is 0. The lowest BCUT2D eigenvalue weighted by molar-refractivity contribution is -0.150. The first-order valence-corrected chi connectivity index (χ1v) is 18.7. The fourth-order valence-electron chi connectivity index (χ4n) is 7.04. The van der Waals surface area contributed by atoms with E-state index in [1.54, 1.807) is 41.1 Å². The molecule has 2 aliphatic rings. The Hall–Kier alpha value is -3.87. The number of nitrogens with zero attached hydrogens (tertiary/aromatic N) is 2. The van der Waals surface area contributed by atoms with Gasteiger partial charge in [-0.15, -0.1) is 0 Å². The number of nitrogens with one attached hydrogen (secondary N) is 1. The molecule has 0 aliphatic carbocycles. The van der Waals surface area contributed by atoms with E-state index in [2.05, 4.69) is 5.32 Å². The molecule has 0 radical (unpaired) electrons. The van der Waals surface area contributed by atoms with Gasteiger partial charge in [0.15, 0.2) is 13.9 Å². The predicted molar refractivity (Wildman–Crippen MR) is 177 cm³/mol. The van der Waals surface area contributed by atoms with Crippen molar-refractivity contribution in [3.8, 4) is 0 Å². The van der Waals surface area contributed by atoms with Crippen molar-refractivity contribution in [3.05, 3.63) is 95.6 Å². The molecule has 11 heteroatoms. The number of carbonyl (C=O) groups excluding carboxylic acids is 3. The zero-order valence-electron chi connectivity index (χ0n) is 26.7. The van der Waals surface area contributed by atoms with Gasteiger partial charge in [-0.2, -0.15) is 0 Å². The first-order valence-electron chi connectivity index (χ1n) is 15.7. The third-order valence-corrected chi connectivity index (χ3v) is 11.6. The number of aliphatic hydroxyl groups excluding tert-OH is 2.